The molecule has 0 aliphatic rings. The maximum Gasteiger partial charge on any atom is 0.242 e. The molecule has 15 heteroatoms. The Hall–Kier alpha value is -3.40. The van der Waals surface area contributed by atoms with Crippen molar-refractivity contribution in [2.45, 2.75) is 106 Å². The molecule has 0 aliphatic carbocycles. The summed E-state index contributed by atoms with van der Waals surface area (Å²) in [6, 6.07) is -0.735. The zero-order chi connectivity index (χ0) is 38.3. The van der Waals surface area contributed by atoms with Gasteiger partial charge in [-0.3, -0.25) is 28.8 Å². The van der Waals surface area contributed by atoms with Crippen LogP contribution in [0.5, 0.6) is 0 Å². The largest absolute Gasteiger partial charge is 0.379 e. The Kier molecular flexibility index (Phi) is 22.8. The van der Waals surface area contributed by atoms with E-state index in [0.717, 1.165) is 0 Å². The molecule has 0 saturated heterocycles. The van der Waals surface area contributed by atoms with Crippen LogP contribution in [0.3, 0.4) is 0 Å². The van der Waals surface area contributed by atoms with Crippen molar-refractivity contribution in [3.8, 4) is 0 Å². The molecule has 1 aromatic rings. The van der Waals surface area contributed by atoms with Crippen LogP contribution in [0, 0.1) is 23.7 Å². The Morgan fingerprint density at radius 1 is 0.647 bits per heavy atom. The van der Waals surface area contributed by atoms with E-state index in [-0.39, 0.29) is 131 Å². The Morgan fingerprint density at radius 3 is 1.67 bits per heavy atom. The molecule has 0 fully saturated rings. The van der Waals surface area contributed by atoms with Crippen LogP contribution in [0.1, 0.15) is 86.8 Å². The Labute approximate surface area is 302 Å². The first kappa shape index (κ1) is 45.6. The topological polar surface area (TPSA) is 194 Å². The van der Waals surface area contributed by atoms with Crippen molar-refractivity contribution >= 4 is 34.9 Å². The van der Waals surface area contributed by atoms with Crippen LogP contribution in [0.4, 0.5) is 0 Å². The van der Waals surface area contributed by atoms with Gasteiger partial charge in [0.15, 0.2) is 0 Å². The summed E-state index contributed by atoms with van der Waals surface area (Å²) in [5.74, 6) is -0.944. The van der Waals surface area contributed by atoms with Gasteiger partial charge in [-0.15, -0.1) is 5.10 Å². The fourth-order valence-electron chi connectivity index (χ4n) is 4.40. The number of aromatic nitrogens is 3. The van der Waals surface area contributed by atoms with Crippen LogP contribution in [-0.4, -0.2) is 115 Å². The highest BCUT2D eigenvalue weighted by Crippen LogP contribution is 2.09. The van der Waals surface area contributed by atoms with Gasteiger partial charge in [-0.25, -0.2) is 4.68 Å². The Balaban J connectivity index is 2.85. The molecular weight excluding hydrogens is 662 g/mol. The van der Waals surface area contributed by atoms with Crippen molar-refractivity contribution < 1.29 is 47.7 Å². The summed E-state index contributed by atoms with van der Waals surface area (Å²) >= 11 is 0. The monoisotopic (exact) mass is 723 g/mol. The van der Waals surface area contributed by atoms with Gasteiger partial charge < -0.3 is 29.6 Å². The molecule has 51 heavy (non-hydrogen) atoms. The van der Waals surface area contributed by atoms with Crippen LogP contribution in [-0.2, 0) is 60.7 Å². The first-order valence-corrected chi connectivity index (χ1v) is 18.0. The van der Waals surface area contributed by atoms with Crippen LogP contribution in [0.25, 0.3) is 0 Å². The number of rotatable bonds is 30. The number of carbonyl (C=O) groups is 6. The molecule has 1 heterocycles. The summed E-state index contributed by atoms with van der Waals surface area (Å²) in [7, 11) is 0. The smallest absolute Gasteiger partial charge is 0.242 e. The average Bonchev–Trinajstić information content (AvgIpc) is 3.50. The third-order valence-corrected chi connectivity index (χ3v) is 7.91. The van der Waals surface area contributed by atoms with Crippen LogP contribution < -0.4 is 10.6 Å². The zero-order valence-electron chi connectivity index (χ0n) is 31.9. The van der Waals surface area contributed by atoms with E-state index in [1.54, 1.807) is 0 Å². The molecule has 2 atom stereocenters. The van der Waals surface area contributed by atoms with Crippen molar-refractivity contribution in [3.05, 3.63) is 11.9 Å². The summed E-state index contributed by atoms with van der Waals surface area (Å²) in [6.45, 7) is 15.6. The first-order chi connectivity index (χ1) is 24.1. The lowest BCUT2D eigenvalue weighted by Gasteiger charge is -2.28. The molecule has 0 bridgehead atoms. The van der Waals surface area contributed by atoms with Crippen molar-refractivity contribution in [3.63, 3.8) is 0 Å². The quantitative estimate of drug-likeness (QED) is 0.110. The van der Waals surface area contributed by atoms with Crippen molar-refractivity contribution in [2.24, 2.45) is 23.7 Å². The molecule has 2 unspecified atom stereocenters. The van der Waals surface area contributed by atoms with Crippen molar-refractivity contribution in [2.75, 3.05) is 52.8 Å². The van der Waals surface area contributed by atoms with Crippen molar-refractivity contribution in [1.82, 2.24) is 25.6 Å². The second kappa shape index (κ2) is 25.5. The predicted molar refractivity (Wildman–Crippen MR) is 189 cm³/mol. The molecule has 1 aromatic heterocycles. The number of amides is 2. The minimum atomic E-state index is -0.737. The third kappa shape index (κ3) is 20.9. The van der Waals surface area contributed by atoms with Gasteiger partial charge in [0.05, 0.1) is 64.4 Å². The van der Waals surface area contributed by atoms with Crippen LogP contribution in [0.15, 0.2) is 6.20 Å². The highest BCUT2D eigenvalue weighted by molar-refractivity contribution is 5.81. The van der Waals surface area contributed by atoms with E-state index in [2.05, 4.69) is 20.9 Å². The minimum absolute atomic E-state index is 0.00524. The van der Waals surface area contributed by atoms with Crippen LogP contribution >= 0.6 is 0 Å². The molecule has 0 radical (unpaired) electrons. The molecule has 290 valence electrons. The van der Waals surface area contributed by atoms with Gasteiger partial charge in [0, 0.05) is 62.1 Å². The van der Waals surface area contributed by atoms with E-state index in [1.807, 2.05) is 55.4 Å². The van der Waals surface area contributed by atoms with Gasteiger partial charge in [-0.1, -0.05) is 60.6 Å². The number of Topliss-reactive ketones (excluding diaryl/α,β-unsaturated/α-hetero) is 4. The van der Waals surface area contributed by atoms with E-state index >= 15 is 0 Å². The number of nitrogens with one attached hydrogen (secondary N) is 2. The van der Waals surface area contributed by atoms with Gasteiger partial charge in [0.25, 0.3) is 0 Å². The van der Waals surface area contributed by atoms with Gasteiger partial charge in [-0.05, 0) is 0 Å². The number of ether oxygens (including phenoxy) is 4. The summed E-state index contributed by atoms with van der Waals surface area (Å²) in [6.07, 6.45) is 1.64. The molecule has 1 rings (SSSR count). The molecule has 0 aliphatic heterocycles. The van der Waals surface area contributed by atoms with Gasteiger partial charge in [0.2, 0.25) is 11.8 Å². The van der Waals surface area contributed by atoms with Crippen LogP contribution in [0.2, 0.25) is 0 Å². The fraction of sp³-hybridized carbons (Fsp3) is 0.778. The average molecular weight is 724 g/mol. The normalized spacial score (nSPS) is 12.8. The highest BCUT2D eigenvalue weighted by Gasteiger charge is 2.26. The second-order valence-corrected chi connectivity index (χ2v) is 13.8. The molecule has 2 amide bonds. The van der Waals surface area contributed by atoms with Gasteiger partial charge in [0.1, 0.15) is 35.8 Å². The summed E-state index contributed by atoms with van der Waals surface area (Å²) in [5, 5.41) is 13.6. The predicted octanol–water partition coefficient (Wildman–Crippen LogP) is 2.32. The molecule has 0 aromatic carbocycles. The molecule has 0 spiro atoms. The Morgan fingerprint density at radius 2 is 1.14 bits per heavy atom. The summed E-state index contributed by atoms with van der Waals surface area (Å²) in [5.41, 5.74) is 0.360. The Bertz CT molecular complexity index is 1230. The highest BCUT2D eigenvalue weighted by atomic mass is 16.5. The number of hydrogen-bond acceptors (Lipinski definition) is 12. The standard InChI is InChI=1S/C36H61N5O10/c1-24(2)30(42)9-14-48-18-13-37-35(46)19-28-20-41(40-39-28)21-36(47)38-29(22-49-15-10-31(43)25(3)4)34(51-17-12-33(45)27(7)8)23-50-16-11-32(44)26(5)6/h20,24-27,29,34H,9-19,21-23H2,1-8H3,(H,37,46)(H,38,47). The first-order valence-electron chi connectivity index (χ1n) is 18.0. The van der Waals surface area contributed by atoms with Gasteiger partial charge in [-0.2, -0.15) is 0 Å². The fourth-order valence-corrected chi connectivity index (χ4v) is 4.40. The number of hydrogen-bond donors (Lipinski definition) is 2. The molecule has 0 saturated carbocycles. The second-order valence-electron chi connectivity index (χ2n) is 13.8. The maximum atomic E-state index is 13.2. The third-order valence-electron chi connectivity index (χ3n) is 7.91. The van der Waals surface area contributed by atoms with Crippen molar-refractivity contribution in [1.29, 1.82) is 0 Å². The van der Waals surface area contributed by atoms with E-state index in [4.69, 9.17) is 18.9 Å². The number of carbonyl (C=O) groups excluding carboxylic acids is 6. The molecular formula is C36H61N5O10. The summed E-state index contributed by atoms with van der Waals surface area (Å²) < 4.78 is 24.4. The lowest BCUT2D eigenvalue weighted by Crippen LogP contribution is -2.50. The maximum absolute atomic E-state index is 13.2. The SMILES string of the molecule is CC(C)C(=O)CCOCCNC(=O)Cc1cn(CC(=O)NC(COCCC(=O)C(C)C)C(COCCC(=O)C(C)C)OCCC(=O)C(C)C)nn1. The molecule has 15 nitrogen and oxygen atoms in total. The minimum Gasteiger partial charge on any atom is -0.379 e. The zero-order valence-corrected chi connectivity index (χ0v) is 31.9. The lowest BCUT2D eigenvalue weighted by molar-refractivity contribution is -0.129. The number of ketones is 4. The van der Waals surface area contributed by atoms with Gasteiger partial charge >= 0.3 is 0 Å². The van der Waals surface area contributed by atoms with E-state index in [9.17, 15) is 28.8 Å². The van der Waals surface area contributed by atoms with E-state index < -0.39 is 18.1 Å². The van der Waals surface area contributed by atoms with E-state index in [0.29, 0.717) is 18.7 Å². The molecule has 2 N–H and O–H groups in total. The number of nitrogens with zero attached hydrogens (tertiary/aromatic N) is 3. The lowest BCUT2D eigenvalue weighted by atomic mass is 10.1. The van der Waals surface area contributed by atoms with E-state index in [1.165, 1.54) is 10.9 Å². The summed E-state index contributed by atoms with van der Waals surface area (Å²) in [4.78, 5) is 73.8.